The molecule has 6 heteroatoms. The van der Waals surface area contributed by atoms with Crippen molar-refractivity contribution in [2.24, 2.45) is 0 Å². The highest BCUT2D eigenvalue weighted by atomic mass is 16.7. The fraction of sp³-hybridized carbons (Fsp3) is 0. The van der Waals surface area contributed by atoms with E-state index >= 15 is 0 Å². The summed E-state index contributed by atoms with van der Waals surface area (Å²) in [7, 11) is 0. The number of carbonyl (C=O) groups is 2. The van der Waals surface area contributed by atoms with E-state index in [1.807, 2.05) is 36.4 Å². The number of aromatic carboxylic acids is 1. The summed E-state index contributed by atoms with van der Waals surface area (Å²) in [5.74, 6) is -1.26. The summed E-state index contributed by atoms with van der Waals surface area (Å²) in [4.78, 5) is 28.4. The number of hydrazine groups is 1. The van der Waals surface area contributed by atoms with E-state index in [0.717, 1.165) is 10.8 Å². The van der Waals surface area contributed by atoms with Crippen LogP contribution in [0.1, 0.15) is 20.7 Å². The summed E-state index contributed by atoms with van der Waals surface area (Å²) >= 11 is 0. The zero-order valence-corrected chi connectivity index (χ0v) is 12.5. The highest BCUT2D eigenvalue weighted by Crippen LogP contribution is 2.19. The maximum atomic E-state index is 12.1. The second kappa shape index (κ2) is 6.80. The van der Waals surface area contributed by atoms with Gasteiger partial charge in [-0.15, -0.1) is 0 Å². The molecule has 1 amide bonds. The van der Waals surface area contributed by atoms with Crippen LogP contribution in [0.3, 0.4) is 0 Å². The van der Waals surface area contributed by atoms with Crippen LogP contribution in [0.15, 0.2) is 66.7 Å². The molecule has 0 heterocycles. The van der Waals surface area contributed by atoms with Crippen LogP contribution in [0, 0.1) is 0 Å². The van der Waals surface area contributed by atoms with Crippen LogP contribution in [0.5, 0.6) is 5.75 Å². The number of hydrogen-bond acceptors (Lipinski definition) is 4. The standard InChI is InChI=1S/C18H14N2O4/c21-17(15-7-3-4-8-16(15)18(22)23)19-20-24-14-10-9-12-5-1-2-6-13(12)11-14/h1-11,20H,(H,19,21)(H,22,23). The number of fused-ring (bicyclic) bond motifs is 1. The average Bonchev–Trinajstić information content (AvgIpc) is 2.61. The highest BCUT2D eigenvalue weighted by molar-refractivity contribution is 6.04. The summed E-state index contributed by atoms with van der Waals surface area (Å²) in [6.45, 7) is 0. The summed E-state index contributed by atoms with van der Waals surface area (Å²) in [6, 6.07) is 19.2. The number of benzene rings is 3. The largest absolute Gasteiger partial charge is 0.478 e. The highest BCUT2D eigenvalue weighted by Gasteiger charge is 2.15. The van der Waals surface area contributed by atoms with Crippen molar-refractivity contribution in [2.75, 3.05) is 0 Å². The molecule has 0 aliphatic carbocycles. The molecule has 0 saturated carbocycles. The number of rotatable bonds is 5. The monoisotopic (exact) mass is 322 g/mol. The Bertz CT molecular complexity index is 908. The molecule has 0 spiro atoms. The number of carboxylic acids is 1. The Kier molecular flexibility index (Phi) is 4.40. The van der Waals surface area contributed by atoms with Crippen molar-refractivity contribution in [3.63, 3.8) is 0 Å². The van der Waals surface area contributed by atoms with Crippen LogP contribution >= 0.6 is 0 Å². The van der Waals surface area contributed by atoms with Gasteiger partial charge in [0.1, 0.15) is 5.75 Å². The Morgan fingerprint density at radius 1 is 0.833 bits per heavy atom. The predicted molar refractivity (Wildman–Crippen MR) is 88.6 cm³/mol. The predicted octanol–water partition coefficient (Wildman–Crippen LogP) is 2.77. The molecular weight excluding hydrogens is 308 g/mol. The van der Waals surface area contributed by atoms with Crippen LogP contribution in [0.25, 0.3) is 10.8 Å². The first-order valence-corrected chi connectivity index (χ1v) is 7.18. The Hall–Kier alpha value is -3.38. The summed E-state index contributed by atoms with van der Waals surface area (Å²) in [6.07, 6.45) is 0. The quantitative estimate of drug-likeness (QED) is 0.629. The lowest BCUT2D eigenvalue weighted by molar-refractivity contribution is 0.0682. The van der Waals surface area contributed by atoms with Crippen molar-refractivity contribution in [1.29, 1.82) is 0 Å². The van der Waals surface area contributed by atoms with Gasteiger partial charge in [0.15, 0.2) is 0 Å². The Labute approximate surface area is 137 Å². The fourth-order valence-electron chi connectivity index (χ4n) is 2.30. The van der Waals surface area contributed by atoms with E-state index in [0.29, 0.717) is 5.75 Å². The number of carbonyl (C=O) groups excluding carboxylic acids is 1. The van der Waals surface area contributed by atoms with Crippen molar-refractivity contribution in [3.8, 4) is 5.75 Å². The van der Waals surface area contributed by atoms with Crippen molar-refractivity contribution in [1.82, 2.24) is 11.0 Å². The van der Waals surface area contributed by atoms with E-state index in [4.69, 9.17) is 9.94 Å². The van der Waals surface area contributed by atoms with Crippen LogP contribution in [0.4, 0.5) is 0 Å². The minimum absolute atomic E-state index is 0.0413. The Morgan fingerprint density at radius 2 is 1.50 bits per heavy atom. The van der Waals surface area contributed by atoms with Gasteiger partial charge in [-0.25, -0.2) is 4.79 Å². The van der Waals surface area contributed by atoms with E-state index in [2.05, 4.69) is 11.0 Å². The van der Waals surface area contributed by atoms with Gasteiger partial charge in [0.25, 0.3) is 5.91 Å². The lowest BCUT2D eigenvalue weighted by Gasteiger charge is -2.10. The molecule has 24 heavy (non-hydrogen) atoms. The first-order valence-electron chi connectivity index (χ1n) is 7.18. The number of carboxylic acid groups (broad SMARTS) is 1. The van der Waals surface area contributed by atoms with Gasteiger partial charge < -0.3 is 9.94 Å². The minimum atomic E-state index is -1.17. The molecule has 0 radical (unpaired) electrons. The third-order valence-electron chi connectivity index (χ3n) is 3.46. The molecular formula is C18H14N2O4. The molecule has 120 valence electrons. The van der Waals surface area contributed by atoms with Gasteiger partial charge in [-0.2, -0.15) is 0 Å². The molecule has 3 aromatic carbocycles. The van der Waals surface area contributed by atoms with Crippen molar-refractivity contribution >= 4 is 22.6 Å². The molecule has 0 aliphatic rings. The molecule has 3 N–H and O–H groups in total. The third kappa shape index (κ3) is 3.34. The SMILES string of the molecule is O=C(O)c1ccccc1C(=O)NNOc1ccc2ccccc2c1. The van der Waals surface area contributed by atoms with Gasteiger partial charge >= 0.3 is 5.97 Å². The lowest BCUT2D eigenvalue weighted by atomic mass is 10.1. The molecule has 0 saturated heterocycles. The second-order valence-corrected chi connectivity index (χ2v) is 5.02. The van der Waals surface area contributed by atoms with Crippen LogP contribution in [-0.2, 0) is 0 Å². The van der Waals surface area contributed by atoms with Crippen molar-refractivity contribution in [2.45, 2.75) is 0 Å². The molecule has 0 unspecified atom stereocenters. The molecule has 0 aliphatic heterocycles. The van der Waals surface area contributed by atoms with E-state index in [1.165, 1.54) is 12.1 Å². The van der Waals surface area contributed by atoms with Gasteiger partial charge in [-0.1, -0.05) is 48.1 Å². The summed E-state index contributed by atoms with van der Waals surface area (Å²) < 4.78 is 0. The third-order valence-corrected chi connectivity index (χ3v) is 3.46. The fourth-order valence-corrected chi connectivity index (χ4v) is 2.30. The first kappa shape index (κ1) is 15.5. The maximum absolute atomic E-state index is 12.1. The second-order valence-electron chi connectivity index (χ2n) is 5.02. The van der Waals surface area contributed by atoms with E-state index < -0.39 is 11.9 Å². The van der Waals surface area contributed by atoms with Gasteiger partial charge in [0.05, 0.1) is 11.1 Å². The van der Waals surface area contributed by atoms with Crippen molar-refractivity contribution < 1.29 is 19.5 Å². The van der Waals surface area contributed by atoms with Crippen LogP contribution in [0.2, 0.25) is 0 Å². The Morgan fingerprint density at radius 3 is 2.25 bits per heavy atom. The molecule has 0 aromatic heterocycles. The first-order chi connectivity index (χ1) is 11.6. The normalized spacial score (nSPS) is 10.3. The summed E-state index contributed by atoms with van der Waals surface area (Å²) in [5, 5.41) is 11.2. The topological polar surface area (TPSA) is 87.7 Å². The molecule has 3 rings (SSSR count). The van der Waals surface area contributed by atoms with Crippen molar-refractivity contribution in [3.05, 3.63) is 77.9 Å². The zero-order valence-electron chi connectivity index (χ0n) is 12.5. The maximum Gasteiger partial charge on any atom is 0.336 e. The van der Waals surface area contributed by atoms with E-state index in [1.54, 1.807) is 18.2 Å². The van der Waals surface area contributed by atoms with E-state index in [-0.39, 0.29) is 11.1 Å². The number of hydrogen-bond donors (Lipinski definition) is 3. The average molecular weight is 322 g/mol. The molecule has 3 aromatic rings. The summed E-state index contributed by atoms with van der Waals surface area (Å²) in [5.41, 5.74) is 4.61. The smallest absolute Gasteiger partial charge is 0.336 e. The molecule has 0 fully saturated rings. The lowest BCUT2D eigenvalue weighted by Crippen LogP contribution is -2.40. The number of amides is 1. The number of nitrogens with one attached hydrogen (secondary N) is 2. The zero-order chi connectivity index (χ0) is 16.9. The Balaban J connectivity index is 1.65. The molecule has 0 bridgehead atoms. The van der Waals surface area contributed by atoms with Gasteiger partial charge in [0.2, 0.25) is 0 Å². The van der Waals surface area contributed by atoms with Gasteiger partial charge in [0, 0.05) is 0 Å². The van der Waals surface area contributed by atoms with Gasteiger partial charge in [-0.3, -0.25) is 10.2 Å². The molecule has 6 nitrogen and oxygen atoms in total. The molecule has 0 atom stereocenters. The van der Waals surface area contributed by atoms with Gasteiger partial charge in [-0.05, 0) is 35.0 Å². The van der Waals surface area contributed by atoms with Crippen LogP contribution in [-0.4, -0.2) is 17.0 Å². The minimum Gasteiger partial charge on any atom is -0.478 e. The van der Waals surface area contributed by atoms with E-state index in [9.17, 15) is 9.59 Å². The van der Waals surface area contributed by atoms with Crippen LogP contribution < -0.4 is 15.9 Å².